The maximum absolute atomic E-state index is 12.2. The van der Waals surface area contributed by atoms with Gasteiger partial charge in [-0.2, -0.15) is 0 Å². The molecular formula is C16H18N2O2. The van der Waals surface area contributed by atoms with Gasteiger partial charge in [-0.3, -0.25) is 4.79 Å². The van der Waals surface area contributed by atoms with Gasteiger partial charge in [-0.15, -0.1) is 0 Å². The third-order valence-electron chi connectivity index (χ3n) is 3.11. The number of nitrogens with two attached hydrogens (primary N) is 1. The molecule has 0 aliphatic heterocycles. The molecule has 20 heavy (non-hydrogen) atoms. The number of amides is 1. The predicted molar refractivity (Wildman–Crippen MR) is 78.1 cm³/mol. The van der Waals surface area contributed by atoms with Crippen molar-refractivity contribution < 1.29 is 9.90 Å². The van der Waals surface area contributed by atoms with E-state index in [9.17, 15) is 9.90 Å². The lowest BCUT2D eigenvalue weighted by Crippen LogP contribution is -2.30. The van der Waals surface area contributed by atoms with Gasteiger partial charge in [-0.1, -0.05) is 42.5 Å². The van der Waals surface area contributed by atoms with E-state index in [1.807, 2.05) is 36.4 Å². The third-order valence-corrected chi connectivity index (χ3v) is 3.11. The first-order chi connectivity index (χ1) is 9.74. The van der Waals surface area contributed by atoms with E-state index in [1.165, 1.54) is 0 Å². The van der Waals surface area contributed by atoms with Gasteiger partial charge in [0.15, 0.2) is 0 Å². The van der Waals surface area contributed by atoms with Crippen molar-refractivity contribution in [2.75, 3.05) is 6.61 Å². The van der Waals surface area contributed by atoms with Gasteiger partial charge in [0.05, 0.1) is 12.6 Å². The van der Waals surface area contributed by atoms with Gasteiger partial charge in [-0.25, -0.2) is 0 Å². The molecule has 0 saturated carbocycles. The van der Waals surface area contributed by atoms with Crippen LogP contribution in [0.5, 0.6) is 0 Å². The molecule has 0 aliphatic carbocycles. The molecule has 0 saturated heterocycles. The first kappa shape index (κ1) is 14.2. The lowest BCUT2D eigenvalue weighted by Gasteiger charge is -2.17. The Morgan fingerprint density at radius 1 is 1.15 bits per heavy atom. The number of nitrogens with one attached hydrogen (secondary N) is 1. The monoisotopic (exact) mass is 270 g/mol. The topological polar surface area (TPSA) is 75.4 Å². The summed E-state index contributed by atoms with van der Waals surface area (Å²) in [5.41, 5.74) is 7.88. The second-order valence-corrected chi connectivity index (χ2v) is 4.52. The lowest BCUT2D eigenvalue weighted by molar-refractivity contribution is 0.0916. The number of benzene rings is 2. The van der Waals surface area contributed by atoms with E-state index in [-0.39, 0.29) is 12.5 Å². The van der Waals surface area contributed by atoms with Crippen LogP contribution < -0.4 is 11.1 Å². The number of hydrogen-bond donors (Lipinski definition) is 3. The third kappa shape index (κ3) is 3.44. The minimum Gasteiger partial charge on any atom is -0.394 e. The first-order valence-corrected chi connectivity index (χ1v) is 6.50. The molecule has 2 aromatic carbocycles. The van der Waals surface area contributed by atoms with Gasteiger partial charge >= 0.3 is 0 Å². The van der Waals surface area contributed by atoms with Crippen molar-refractivity contribution in [2.45, 2.75) is 12.6 Å². The minimum absolute atomic E-state index is 0.146. The maximum Gasteiger partial charge on any atom is 0.251 e. The van der Waals surface area contributed by atoms with Gasteiger partial charge in [0, 0.05) is 12.1 Å². The number of aliphatic hydroxyl groups is 1. The number of carbonyl (C=O) groups is 1. The summed E-state index contributed by atoms with van der Waals surface area (Å²) >= 11 is 0. The molecule has 0 spiro atoms. The van der Waals surface area contributed by atoms with E-state index in [2.05, 4.69) is 5.32 Å². The molecule has 2 aromatic rings. The van der Waals surface area contributed by atoms with Crippen molar-refractivity contribution in [1.82, 2.24) is 5.32 Å². The Labute approximate surface area is 118 Å². The van der Waals surface area contributed by atoms with Gasteiger partial charge in [-0.05, 0) is 23.3 Å². The lowest BCUT2D eigenvalue weighted by atomic mass is 10.1. The van der Waals surface area contributed by atoms with Crippen LogP contribution in [-0.4, -0.2) is 17.6 Å². The van der Waals surface area contributed by atoms with Gasteiger partial charge in [0.25, 0.3) is 5.91 Å². The average Bonchev–Trinajstić information content (AvgIpc) is 2.53. The second kappa shape index (κ2) is 6.84. The van der Waals surface area contributed by atoms with Crippen LogP contribution in [0.3, 0.4) is 0 Å². The zero-order valence-electron chi connectivity index (χ0n) is 11.1. The molecule has 0 bridgehead atoms. The van der Waals surface area contributed by atoms with Crippen LogP contribution in [0.15, 0.2) is 54.6 Å². The Bertz CT molecular complexity index is 570. The Hall–Kier alpha value is -2.17. The SMILES string of the molecule is NCc1cccc(C(=O)N[C@H](CO)c2ccccc2)c1. The standard InChI is InChI=1S/C16H18N2O2/c17-10-12-5-4-8-14(9-12)16(20)18-15(11-19)13-6-2-1-3-7-13/h1-9,15,19H,10-11,17H2,(H,18,20)/t15-/m1/s1. The van der Waals surface area contributed by atoms with E-state index in [0.717, 1.165) is 11.1 Å². The van der Waals surface area contributed by atoms with Crippen molar-refractivity contribution in [3.05, 3.63) is 71.3 Å². The molecule has 0 aliphatic rings. The van der Waals surface area contributed by atoms with Gasteiger partial charge in [0.2, 0.25) is 0 Å². The summed E-state index contributed by atoms with van der Waals surface area (Å²) in [4.78, 5) is 12.2. The van der Waals surface area contributed by atoms with Crippen molar-refractivity contribution in [1.29, 1.82) is 0 Å². The molecule has 4 heteroatoms. The Balaban J connectivity index is 2.13. The molecule has 2 rings (SSSR count). The number of aliphatic hydroxyl groups excluding tert-OH is 1. The fraction of sp³-hybridized carbons (Fsp3) is 0.188. The zero-order chi connectivity index (χ0) is 14.4. The van der Waals surface area contributed by atoms with Crippen LogP contribution in [0, 0.1) is 0 Å². The highest BCUT2D eigenvalue weighted by Gasteiger charge is 2.14. The number of carbonyl (C=O) groups excluding carboxylic acids is 1. The van der Waals surface area contributed by atoms with Gasteiger partial charge in [0.1, 0.15) is 0 Å². The van der Waals surface area contributed by atoms with E-state index in [1.54, 1.807) is 18.2 Å². The van der Waals surface area contributed by atoms with Crippen LogP contribution >= 0.6 is 0 Å². The fourth-order valence-corrected chi connectivity index (χ4v) is 2.00. The molecule has 104 valence electrons. The molecular weight excluding hydrogens is 252 g/mol. The highest BCUT2D eigenvalue weighted by Crippen LogP contribution is 2.13. The normalized spacial score (nSPS) is 11.9. The highest BCUT2D eigenvalue weighted by molar-refractivity contribution is 5.94. The molecule has 0 unspecified atom stereocenters. The molecule has 0 fully saturated rings. The Morgan fingerprint density at radius 2 is 1.90 bits per heavy atom. The average molecular weight is 270 g/mol. The van der Waals surface area contributed by atoms with Crippen molar-refractivity contribution in [3.8, 4) is 0 Å². The van der Waals surface area contributed by atoms with Crippen LogP contribution in [0.1, 0.15) is 27.5 Å². The quantitative estimate of drug-likeness (QED) is 0.772. The maximum atomic E-state index is 12.2. The summed E-state index contributed by atoms with van der Waals surface area (Å²) in [6.45, 7) is 0.246. The van der Waals surface area contributed by atoms with E-state index in [4.69, 9.17) is 5.73 Å². The summed E-state index contributed by atoms with van der Waals surface area (Å²) in [5.74, 6) is -0.219. The van der Waals surface area contributed by atoms with E-state index >= 15 is 0 Å². The van der Waals surface area contributed by atoms with Crippen molar-refractivity contribution >= 4 is 5.91 Å². The number of rotatable bonds is 5. The Kier molecular flexibility index (Phi) is 4.87. The minimum atomic E-state index is -0.412. The molecule has 4 nitrogen and oxygen atoms in total. The van der Waals surface area contributed by atoms with Crippen LogP contribution in [0.4, 0.5) is 0 Å². The summed E-state index contributed by atoms with van der Waals surface area (Å²) in [6.07, 6.45) is 0. The smallest absolute Gasteiger partial charge is 0.251 e. The highest BCUT2D eigenvalue weighted by atomic mass is 16.3. The van der Waals surface area contributed by atoms with E-state index < -0.39 is 6.04 Å². The predicted octanol–water partition coefficient (Wildman–Crippen LogP) is 1.61. The van der Waals surface area contributed by atoms with Crippen molar-refractivity contribution in [3.63, 3.8) is 0 Å². The molecule has 1 amide bonds. The summed E-state index contributed by atoms with van der Waals surface area (Å²) in [6, 6.07) is 16.1. The zero-order valence-corrected chi connectivity index (χ0v) is 11.1. The summed E-state index contributed by atoms with van der Waals surface area (Å²) in [5, 5.41) is 12.3. The summed E-state index contributed by atoms with van der Waals surface area (Å²) < 4.78 is 0. The van der Waals surface area contributed by atoms with Crippen LogP contribution in [0.2, 0.25) is 0 Å². The molecule has 0 radical (unpaired) electrons. The van der Waals surface area contributed by atoms with Gasteiger partial charge < -0.3 is 16.2 Å². The number of hydrogen-bond acceptors (Lipinski definition) is 3. The summed E-state index contributed by atoms with van der Waals surface area (Å²) in [7, 11) is 0. The van der Waals surface area contributed by atoms with E-state index in [0.29, 0.717) is 12.1 Å². The van der Waals surface area contributed by atoms with Crippen LogP contribution in [0.25, 0.3) is 0 Å². The molecule has 0 heterocycles. The first-order valence-electron chi connectivity index (χ1n) is 6.50. The largest absolute Gasteiger partial charge is 0.394 e. The molecule has 0 aromatic heterocycles. The van der Waals surface area contributed by atoms with Crippen LogP contribution in [-0.2, 0) is 6.54 Å². The Morgan fingerprint density at radius 3 is 2.55 bits per heavy atom. The molecule has 4 N–H and O–H groups in total. The second-order valence-electron chi connectivity index (χ2n) is 4.52. The molecule has 1 atom stereocenters. The van der Waals surface area contributed by atoms with Crippen molar-refractivity contribution in [2.24, 2.45) is 5.73 Å². The fourth-order valence-electron chi connectivity index (χ4n) is 2.00.